The zero-order valence-electron chi connectivity index (χ0n) is 17.1. The third kappa shape index (κ3) is 4.15. The summed E-state index contributed by atoms with van der Waals surface area (Å²) < 4.78 is 27.5. The van der Waals surface area contributed by atoms with Gasteiger partial charge in [0, 0.05) is 56.8 Å². The standard InChI is InChI=1S/C23H26F2N4O/c1-26-23(27-14-17-13-18(24)8-9-20(17)25)29-15-16(19-5-2-3-6-21(19)29)10-12-28-11-4-7-22(28)30/h2-3,5-6,8-9,13,16H,4,7,10-12,14-15H2,1H3,(H,26,27). The zero-order valence-corrected chi connectivity index (χ0v) is 17.1. The maximum atomic E-state index is 14.0. The molecule has 1 N–H and O–H groups in total. The molecular weight excluding hydrogens is 386 g/mol. The highest BCUT2D eigenvalue weighted by molar-refractivity contribution is 5.98. The molecule has 1 unspecified atom stereocenters. The molecule has 2 aromatic carbocycles. The molecular formula is C23H26F2N4O. The Bertz CT molecular complexity index is 962. The Kier molecular flexibility index (Phi) is 5.97. The van der Waals surface area contributed by atoms with Crippen molar-refractivity contribution in [2.24, 2.45) is 4.99 Å². The molecule has 0 aromatic heterocycles. The average molecular weight is 412 g/mol. The second-order valence-electron chi connectivity index (χ2n) is 7.78. The molecule has 0 spiro atoms. The summed E-state index contributed by atoms with van der Waals surface area (Å²) in [4.78, 5) is 20.4. The minimum Gasteiger partial charge on any atom is -0.352 e. The quantitative estimate of drug-likeness (QED) is 0.602. The molecule has 0 saturated carbocycles. The van der Waals surface area contributed by atoms with Crippen molar-refractivity contribution < 1.29 is 13.6 Å². The van der Waals surface area contributed by atoms with Gasteiger partial charge >= 0.3 is 0 Å². The number of aliphatic imine (C=N–C) groups is 1. The summed E-state index contributed by atoms with van der Waals surface area (Å²) >= 11 is 0. The van der Waals surface area contributed by atoms with Gasteiger partial charge in [0.25, 0.3) is 0 Å². The lowest BCUT2D eigenvalue weighted by Crippen LogP contribution is -2.41. The van der Waals surface area contributed by atoms with E-state index >= 15 is 0 Å². The summed E-state index contributed by atoms with van der Waals surface area (Å²) in [5.74, 6) is 0.221. The number of halogens is 2. The van der Waals surface area contributed by atoms with Gasteiger partial charge in [-0.3, -0.25) is 9.79 Å². The Morgan fingerprint density at radius 2 is 2.07 bits per heavy atom. The maximum Gasteiger partial charge on any atom is 0.222 e. The fourth-order valence-electron chi connectivity index (χ4n) is 4.34. The molecule has 0 aliphatic carbocycles. The summed E-state index contributed by atoms with van der Waals surface area (Å²) in [6, 6.07) is 11.6. The van der Waals surface area contributed by atoms with Crippen molar-refractivity contribution in [3.63, 3.8) is 0 Å². The summed E-state index contributed by atoms with van der Waals surface area (Å²) in [6.07, 6.45) is 2.48. The van der Waals surface area contributed by atoms with E-state index in [1.54, 1.807) is 7.05 Å². The minimum atomic E-state index is -0.466. The lowest BCUT2D eigenvalue weighted by Gasteiger charge is -2.23. The largest absolute Gasteiger partial charge is 0.352 e. The second kappa shape index (κ2) is 8.81. The third-order valence-corrected chi connectivity index (χ3v) is 5.90. The fraction of sp³-hybridized carbons (Fsp3) is 0.391. The highest BCUT2D eigenvalue weighted by Gasteiger charge is 2.32. The summed E-state index contributed by atoms with van der Waals surface area (Å²) in [7, 11) is 1.68. The van der Waals surface area contributed by atoms with Gasteiger partial charge in [-0.15, -0.1) is 0 Å². The molecule has 0 radical (unpaired) electrons. The molecule has 2 aromatic rings. The molecule has 2 aliphatic heterocycles. The van der Waals surface area contributed by atoms with Crippen LogP contribution in [0.15, 0.2) is 47.5 Å². The smallest absolute Gasteiger partial charge is 0.222 e. The van der Waals surface area contributed by atoms with Gasteiger partial charge in [-0.25, -0.2) is 8.78 Å². The molecule has 2 aliphatic rings. The van der Waals surface area contributed by atoms with Crippen LogP contribution in [0.4, 0.5) is 14.5 Å². The third-order valence-electron chi connectivity index (χ3n) is 5.90. The summed E-state index contributed by atoms with van der Waals surface area (Å²) in [5, 5.41) is 3.17. The number of anilines is 1. The van der Waals surface area contributed by atoms with Crippen LogP contribution in [0.3, 0.4) is 0 Å². The normalized spacial score (nSPS) is 18.8. The Balaban J connectivity index is 1.47. The SMILES string of the molecule is CN=C(NCc1cc(F)ccc1F)N1CC(CCN2CCCC2=O)c2ccccc21. The lowest BCUT2D eigenvalue weighted by molar-refractivity contribution is -0.127. The molecule has 1 saturated heterocycles. The number of nitrogens with one attached hydrogen (secondary N) is 1. The monoisotopic (exact) mass is 412 g/mol. The van der Waals surface area contributed by atoms with Crippen LogP contribution in [0.1, 0.15) is 36.3 Å². The molecule has 2 heterocycles. The van der Waals surface area contributed by atoms with E-state index in [1.807, 2.05) is 23.1 Å². The Hall–Kier alpha value is -2.96. The molecule has 1 atom stereocenters. The van der Waals surface area contributed by atoms with Crippen LogP contribution in [-0.4, -0.2) is 43.4 Å². The maximum absolute atomic E-state index is 14.0. The van der Waals surface area contributed by atoms with E-state index < -0.39 is 11.6 Å². The number of guanidine groups is 1. The highest BCUT2D eigenvalue weighted by Crippen LogP contribution is 2.38. The first-order valence-electron chi connectivity index (χ1n) is 10.4. The zero-order chi connectivity index (χ0) is 21.1. The fourth-order valence-corrected chi connectivity index (χ4v) is 4.34. The van der Waals surface area contributed by atoms with Crippen LogP contribution in [0.2, 0.25) is 0 Å². The molecule has 1 fully saturated rings. The topological polar surface area (TPSA) is 47.9 Å². The van der Waals surface area contributed by atoms with E-state index in [0.29, 0.717) is 12.4 Å². The Morgan fingerprint density at radius 1 is 1.23 bits per heavy atom. The van der Waals surface area contributed by atoms with Crippen molar-refractivity contribution in [1.82, 2.24) is 10.2 Å². The summed E-state index contributed by atoms with van der Waals surface area (Å²) in [6.45, 7) is 2.47. The molecule has 30 heavy (non-hydrogen) atoms. The van der Waals surface area contributed by atoms with Crippen LogP contribution >= 0.6 is 0 Å². The average Bonchev–Trinajstić information content (AvgIpc) is 3.33. The number of carbonyl (C=O) groups excluding carboxylic acids is 1. The highest BCUT2D eigenvalue weighted by atomic mass is 19.1. The summed E-state index contributed by atoms with van der Waals surface area (Å²) in [5.41, 5.74) is 2.54. The van der Waals surface area contributed by atoms with Gasteiger partial charge in [-0.1, -0.05) is 18.2 Å². The molecule has 0 bridgehead atoms. The van der Waals surface area contributed by atoms with Crippen molar-refractivity contribution in [3.05, 3.63) is 65.2 Å². The number of hydrogen-bond acceptors (Lipinski definition) is 2. The van der Waals surface area contributed by atoms with E-state index in [4.69, 9.17) is 0 Å². The van der Waals surface area contributed by atoms with E-state index in [-0.39, 0.29) is 23.9 Å². The van der Waals surface area contributed by atoms with Crippen molar-refractivity contribution in [3.8, 4) is 0 Å². The molecule has 5 nitrogen and oxygen atoms in total. The van der Waals surface area contributed by atoms with Crippen molar-refractivity contribution in [2.75, 3.05) is 31.6 Å². The van der Waals surface area contributed by atoms with Crippen LogP contribution in [0, 0.1) is 11.6 Å². The first-order chi connectivity index (χ1) is 14.6. The van der Waals surface area contributed by atoms with E-state index in [9.17, 15) is 13.6 Å². The predicted molar refractivity (Wildman–Crippen MR) is 114 cm³/mol. The van der Waals surface area contributed by atoms with Gasteiger partial charge in [0.2, 0.25) is 5.91 Å². The number of likely N-dealkylation sites (tertiary alicyclic amines) is 1. The van der Waals surface area contributed by atoms with Crippen LogP contribution in [-0.2, 0) is 11.3 Å². The van der Waals surface area contributed by atoms with Gasteiger partial charge in [-0.2, -0.15) is 0 Å². The van der Waals surface area contributed by atoms with Crippen molar-refractivity contribution in [2.45, 2.75) is 31.7 Å². The first-order valence-corrected chi connectivity index (χ1v) is 10.4. The number of para-hydroxylation sites is 1. The van der Waals surface area contributed by atoms with Crippen molar-refractivity contribution >= 4 is 17.6 Å². The number of rotatable bonds is 5. The van der Waals surface area contributed by atoms with Crippen molar-refractivity contribution in [1.29, 1.82) is 0 Å². The van der Waals surface area contributed by atoms with E-state index in [1.165, 1.54) is 11.6 Å². The van der Waals surface area contributed by atoms with Crippen LogP contribution < -0.4 is 10.2 Å². The van der Waals surface area contributed by atoms with Gasteiger partial charge in [0.1, 0.15) is 11.6 Å². The lowest BCUT2D eigenvalue weighted by atomic mass is 9.98. The van der Waals surface area contributed by atoms with E-state index in [2.05, 4.69) is 21.3 Å². The number of amides is 1. The number of carbonyl (C=O) groups is 1. The number of hydrogen-bond donors (Lipinski definition) is 1. The molecule has 4 rings (SSSR count). The van der Waals surface area contributed by atoms with Gasteiger partial charge < -0.3 is 15.1 Å². The van der Waals surface area contributed by atoms with Gasteiger partial charge in [-0.05, 0) is 42.7 Å². The first kappa shape index (κ1) is 20.3. The number of fused-ring (bicyclic) bond motifs is 1. The second-order valence-corrected chi connectivity index (χ2v) is 7.78. The molecule has 7 heteroatoms. The van der Waals surface area contributed by atoms with Crippen LogP contribution in [0.5, 0.6) is 0 Å². The number of nitrogens with zero attached hydrogens (tertiary/aromatic N) is 3. The molecule has 1 amide bonds. The van der Waals surface area contributed by atoms with Gasteiger partial charge in [0.15, 0.2) is 5.96 Å². The minimum absolute atomic E-state index is 0.141. The predicted octanol–water partition coefficient (Wildman–Crippen LogP) is 3.66. The Morgan fingerprint density at radius 3 is 2.83 bits per heavy atom. The van der Waals surface area contributed by atoms with E-state index in [0.717, 1.165) is 50.3 Å². The Labute approximate surface area is 175 Å². The van der Waals surface area contributed by atoms with Gasteiger partial charge in [0.05, 0.1) is 0 Å². The van der Waals surface area contributed by atoms with Crippen LogP contribution in [0.25, 0.3) is 0 Å². The molecule has 158 valence electrons. The number of benzene rings is 2.